The molecule has 2 rings (SSSR count). The zero-order chi connectivity index (χ0) is 6.27. The standard InChI is InChI=1S/C6H9N3/c1-5-4-9-6(8-5)2-3-7-9/h2-3,5,8H,4H2,1H3. The highest BCUT2D eigenvalue weighted by Crippen LogP contribution is 2.15. The molecule has 9 heavy (non-hydrogen) atoms. The maximum absolute atomic E-state index is 4.10. The molecular formula is C6H9N3. The Hall–Kier alpha value is -0.990. The van der Waals surface area contributed by atoms with Crippen molar-refractivity contribution in [3.63, 3.8) is 0 Å². The van der Waals surface area contributed by atoms with Gasteiger partial charge < -0.3 is 5.32 Å². The Morgan fingerprint density at radius 3 is 3.56 bits per heavy atom. The van der Waals surface area contributed by atoms with E-state index in [-0.39, 0.29) is 0 Å². The van der Waals surface area contributed by atoms with Gasteiger partial charge in [0.05, 0.1) is 12.7 Å². The Morgan fingerprint density at radius 1 is 1.89 bits per heavy atom. The fourth-order valence-electron chi connectivity index (χ4n) is 1.16. The molecule has 1 aromatic heterocycles. The number of aromatic nitrogens is 2. The summed E-state index contributed by atoms with van der Waals surface area (Å²) in [6.45, 7) is 3.15. The van der Waals surface area contributed by atoms with Crippen LogP contribution in [-0.4, -0.2) is 15.8 Å². The summed E-state index contributed by atoms with van der Waals surface area (Å²) in [6, 6.07) is 2.54. The Bertz CT molecular complexity index is 195. The third-order valence-electron chi connectivity index (χ3n) is 1.56. The van der Waals surface area contributed by atoms with E-state index in [1.54, 1.807) is 0 Å². The molecule has 3 nitrogen and oxygen atoms in total. The third-order valence-corrected chi connectivity index (χ3v) is 1.56. The topological polar surface area (TPSA) is 29.9 Å². The van der Waals surface area contributed by atoms with Gasteiger partial charge in [0.15, 0.2) is 0 Å². The average Bonchev–Trinajstić information content (AvgIpc) is 2.22. The van der Waals surface area contributed by atoms with Gasteiger partial charge in [-0.1, -0.05) is 0 Å². The molecule has 0 saturated heterocycles. The van der Waals surface area contributed by atoms with Gasteiger partial charge in [0.1, 0.15) is 5.82 Å². The van der Waals surface area contributed by atoms with Gasteiger partial charge in [-0.15, -0.1) is 0 Å². The molecule has 2 heterocycles. The van der Waals surface area contributed by atoms with Crippen LogP contribution in [0.25, 0.3) is 0 Å². The summed E-state index contributed by atoms with van der Waals surface area (Å²) in [7, 11) is 0. The van der Waals surface area contributed by atoms with Crippen molar-refractivity contribution in [3.05, 3.63) is 12.3 Å². The normalized spacial score (nSPS) is 23.4. The van der Waals surface area contributed by atoms with Gasteiger partial charge >= 0.3 is 0 Å². The van der Waals surface area contributed by atoms with Crippen molar-refractivity contribution in [1.82, 2.24) is 9.78 Å². The van der Waals surface area contributed by atoms with Crippen LogP contribution >= 0.6 is 0 Å². The first kappa shape index (κ1) is 4.85. The molecule has 1 aliphatic rings. The maximum Gasteiger partial charge on any atom is 0.124 e. The monoisotopic (exact) mass is 123 g/mol. The first-order chi connectivity index (χ1) is 4.36. The molecule has 48 valence electrons. The second kappa shape index (κ2) is 1.50. The van der Waals surface area contributed by atoms with Gasteiger partial charge in [0.2, 0.25) is 0 Å². The number of hydrogen-bond acceptors (Lipinski definition) is 2. The second-order valence-electron chi connectivity index (χ2n) is 2.44. The van der Waals surface area contributed by atoms with Gasteiger partial charge in [0.25, 0.3) is 0 Å². The number of nitrogens with one attached hydrogen (secondary N) is 1. The number of hydrogen-bond donors (Lipinski definition) is 1. The number of anilines is 1. The summed E-state index contributed by atoms with van der Waals surface area (Å²) in [5, 5.41) is 7.38. The second-order valence-corrected chi connectivity index (χ2v) is 2.44. The molecule has 1 aromatic rings. The van der Waals surface area contributed by atoms with Crippen LogP contribution < -0.4 is 5.32 Å². The number of fused-ring (bicyclic) bond motifs is 1. The molecule has 3 heteroatoms. The van der Waals surface area contributed by atoms with E-state index in [1.807, 2.05) is 16.9 Å². The lowest BCUT2D eigenvalue weighted by molar-refractivity contribution is 0.625. The highest BCUT2D eigenvalue weighted by atomic mass is 15.4. The number of rotatable bonds is 0. The van der Waals surface area contributed by atoms with E-state index in [0.29, 0.717) is 6.04 Å². The molecule has 0 bridgehead atoms. The van der Waals surface area contributed by atoms with Crippen molar-refractivity contribution in [2.45, 2.75) is 19.5 Å². The van der Waals surface area contributed by atoms with Crippen LogP contribution in [0.2, 0.25) is 0 Å². The van der Waals surface area contributed by atoms with Gasteiger partial charge in [-0.05, 0) is 6.92 Å². The van der Waals surface area contributed by atoms with Crippen molar-refractivity contribution < 1.29 is 0 Å². The minimum atomic E-state index is 0.550. The lowest BCUT2D eigenvalue weighted by atomic mass is 10.4. The van der Waals surface area contributed by atoms with E-state index in [1.165, 1.54) is 0 Å². The highest BCUT2D eigenvalue weighted by Gasteiger charge is 2.14. The minimum absolute atomic E-state index is 0.550. The molecule has 0 aromatic carbocycles. The fourth-order valence-corrected chi connectivity index (χ4v) is 1.16. The maximum atomic E-state index is 4.10. The zero-order valence-corrected chi connectivity index (χ0v) is 5.33. The summed E-state index contributed by atoms with van der Waals surface area (Å²) in [4.78, 5) is 0. The van der Waals surface area contributed by atoms with Crippen LogP contribution in [0, 0.1) is 0 Å². The molecule has 1 aliphatic heterocycles. The van der Waals surface area contributed by atoms with E-state index in [0.717, 1.165) is 12.4 Å². The summed E-state index contributed by atoms with van der Waals surface area (Å²) in [5.41, 5.74) is 0. The molecule has 0 amide bonds. The SMILES string of the molecule is CC1Cn2nccc2N1. The Balaban J connectivity index is 2.39. The quantitative estimate of drug-likeness (QED) is 0.550. The van der Waals surface area contributed by atoms with E-state index < -0.39 is 0 Å². The molecule has 0 saturated carbocycles. The van der Waals surface area contributed by atoms with E-state index >= 15 is 0 Å². The van der Waals surface area contributed by atoms with Crippen molar-refractivity contribution >= 4 is 5.82 Å². The third kappa shape index (κ3) is 0.608. The summed E-state index contributed by atoms with van der Waals surface area (Å²) >= 11 is 0. The summed E-state index contributed by atoms with van der Waals surface area (Å²) in [5.74, 6) is 1.14. The minimum Gasteiger partial charge on any atom is -0.366 e. The van der Waals surface area contributed by atoms with Gasteiger partial charge in [0, 0.05) is 12.1 Å². The van der Waals surface area contributed by atoms with Crippen molar-refractivity contribution in [3.8, 4) is 0 Å². The van der Waals surface area contributed by atoms with E-state index in [9.17, 15) is 0 Å². The molecule has 0 fully saturated rings. The van der Waals surface area contributed by atoms with E-state index in [4.69, 9.17) is 0 Å². The van der Waals surface area contributed by atoms with Gasteiger partial charge in [-0.3, -0.25) is 0 Å². The zero-order valence-electron chi connectivity index (χ0n) is 5.33. The molecule has 1 N–H and O–H groups in total. The van der Waals surface area contributed by atoms with Gasteiger partial charge in [-0.2, -0.15) is 5.10 Å². The summed E-state index contributed by atoms with van der Waals surface area (Å²) < 4.78 is 1.98. The molecule has 1 atom stereocenters. The highest BCUT2D eigenvalue weighted by molar-refractivity contribution is 5.38. The summed E-state index contributed by atoms with van der Waals surface area (Å²) in [6.07, 6.45) is 1.81. The molecule has 0 spiro atoms. The Morgan fingerprint density at radius 2 is 2.78 bits per heavy atom. The van der Waals surface area contributed by atoms with Crippen molar-refractivity contribution in [2.24, 2.45) is 0 Å². The smallest absolute Gasteiger partial charge is 0.124 e. The first-order valence-corrected chi connectivity index (χ1v) is 3.14. The average molecular weight is 123 g/mol. The van der Waals surface area contributed by atoms with Crippen LogP contribution in [0.5, 0.6) is 0 Å². The molecular weight excluding hydrogens is 114 g/mol. The molecule has 1 unspecified atom stereocenters. The Labute approximate surface area is 53.7 Å². The lowest BCUT2D eigenvalue weighted by Gasteiger charge is -1.97. The van der Waals surface area contributed by atoms with Crippen LogP contribution in [0.3, 0.4) is 0 Å². The predicted octanol–water partition coefficient (Wildman–Crippen LogP) is 0.697. The lowest BCUT2D eigenvalue weighted by Crippen LogP contribution is -2.10. The predicted molar refractivity (Wildman–Crippen MR) is 35.3 cm³/mol. The van der Waals surface area contributed by atoms with Crippen LogP contribution in [0.1, 0.15) is 6.92 Å². The van der Waals surface area contributed by atoms with Crippen molar-refractivity contribution in [1.29, 1.82) is 0 Å². The molecule has 0 aliphatic carbocycles. The van der Waals surface area contributed by atoms with E-state index in [2.05, 4.69) is 17.3 Å². The van der Waals surface area contributed by atoms with Crippen molar-refractivity contribution in [2.75, 3.05) is 5.32 Å². The van der Waals surface area contributed by atoms with Crippen LogP contribution in [-0.2, 0) is 6.54 Å². The van der Waals surface area contributed by atoms with Gasteiger partial charge in [-0.25, -0.2) is 4.68 Å². The van der Waals surface area contributed by atoms with Crippen LogP contribution in [0.15, 0.2) is 12.3 Å². The number of nitrogens with zero attached hydrogens (tertiary/aromatic N) is 2. The Kier molecular flexibility index (Phi) is 0.806. The first-order valence-electron chi connectivity index (χ1n) is 3.14. The molecule has 0 radical (unpaired) electrons. The fraction of sp³-hybridized carbons (Fsp3) is 0.500. The van der Waals surface area contributed by atoms with Crippen LogP contribution in [0.4, 0.5) is 5.82 Å². The largest absolute Gasteiger partial charge is 0.366 e.